The van der Waals surface area contributed by atoms with Crippen molar-refractivity contribution in [2.45, 2.75) is 32.1 Å². The number of ether oxygens (including phenoxy) is 1. The standard InChI is InChI=1S/C13H15NO2/c1-9-8-12(15)14-7-6-10-4-2-3-5-11(10)13(14)16-9/h2-5,9,13H,6-8H2,1H3/t9-,13+/m1/s1. The van der Waals surface area contributed by atoms with Crippen molar-refractivity contribution in [3.8, 4) is 0 Å². The highest BCUT2D eigenvalue weighted by atomic mass is 16.5. The first kappa shape index (κ1) is 9.85. The van der Waals surface area contributed by atoms with E-state index in [9.17, 15) is 4.79 Å². The van der Waals surface area contributed by atoms with E-state index in [2.05, 4.69) is 12.1 Å². The fourth-order valence-electron chi connectivity index (χ4n) is 2.56. The summed E-state index contributed by atoms with van der Waals surface area (Å²) in [5.41, 5.74) is 2.47. The van der Waals surface area contributed by atoms with Crippen LogP contribution in [0.1, 0.15) is 30.7 Å². The van der Waals surface area contributed by atoms with Crippen molar-refractivity contribution >= 4 is 5.91 Å². The Bertz CT molecular complexity index is 430. The summed E-state index contributed by atoms with van der Waals surface area (Å²) in [4.78, 5) is 13.8. The first-order valence-corrected chi connectivity index (χ1v) is 5.78. The molecule has 0 unspecified atom stereocenters. The Morgan fingerprint density at radius 2 is 2.19 bits per heavy atom. The quantitative estimate of drug-likeness (QED) is 0.664. The molecule has 2 aliphatic heterocycles. The van der Waals surface area contributed by atoms with Gasteiger partial charge in [-0.3, -0.25) is 4.79 Å². The van der Waals surface area contributed by atoms with Crippen molar-refractivity contribution in [2.75, 3.05) is 6.54 Å². The largest absolute Gasteiger partial charge is 0.350 e. The Morgan fingerprint density at radius 1 is 1.38 bits per heavy atom. The highest BCUT2D eigenvalue weighted by Gasteiger charge is 2.36. The van der Waals surface area contributed by atoms with E-state index >= 15 is 0 Å². The van der Waals surface area contributed by atoms with Crippen molar-refractivity contribution in [3.63, 3.8) is 0 Å². The Labute approximate surface area is 95.0 Å². The van der Waals surface area contributed by atoms with Crippen LogP contribution in [0.15, 0.2) is 24.3 Å². The summed E-state index contributed by atoms with van der Waals surface area (Å²) in [6, 6.07) is 8.25. The maximum atomic E-state index is 11.9. The van der Waals surface area contributed by atoms with E-state index in [0.29, 0.717) is 6.42 Å². The second-order valence-electron chi connectivity index (χ2n) is 4.54. The Hall–Kier alpha value is -1.35. The molecule has 1 amide bonds. The van der Waals surface area contributed by atoms with Crippen molar-refractivity contribution in [2.24, 2.45) is 0 Å². The van der Waals surface area contributed by atoms with Gasteiger partial charge in [-0.2, -0.15) is 0 Å². The van der Waals surface area contributed by atoms with Crippen LogP contribution in [-0.4, -0.2) is 23.5 Å². The number of carbonyl (C=O) groups is 1. The normalized spacial score (nSPS) is 28.6. The number of nitrogens with zero attached hydrogens (tertiary/aromatic N) is 1. The van der Waals surface area contributed by atoms with Gasteiger partial charge in [-0.05, 0) is 18.9 Å². The topological polar surface area (TPSA) is 29.5 Å². The van der Waals surface area contributed by atoms with Crippen LogP contribution in [0.3, 0.4) is 0 Å². The molecular weight excluding hydrogens is 202 g/mol. The molecule has 0 bridgehead atoms. The van der Waals surface area contributed by atoms with Crippen LogP contribution < -0.4 is 0 Å². The second-order valence-corrected chi connectivity index (χ2v) is 4.54. The molecule has 1 saturated heterocycles. The Balaban J connectivity index is 2.01. The molecule has 3 rings (SSSR count). The number of hydrogen-bond acceptors (Lipinski definition) is 2. The summed E-state index contributed by atoms with van der Waals surface area (Å²) in [5.74, 6) is 0.221. The van der Waals surface area contributed by atoms with Gasteiger partial charge in [0.2, 0.25) is 5.91 Å². The van der Waals surface area contributed by atoms with Gasteiger partial charge in [0.1, 0.15) is 0 Å². The number of carbonyl (C=O) groups excluding carboxylic acids is 1. The fourth-order valence-corrected chi connectivity index (χ4v) is 2.56. The zero-order chi connectivity index (χ0) is 11.1. The molecule has 3 heteroatoms. The minimum Gasteiger partial charge on any atom is -0.350 e. The number of hydrogen-bond donors (Lipinski definition) is 0. The molecule has 84 valence electrons. The molecule has 1 fully saturated rings. The molecular formula is C13H15NO2. The van der Waals surface area contributed by atoms with Gasteiger partial charge < -0.3 is 9.64 Å². The first-order valence-electron chi connectivity index (χ1n) is 5.78. The molecule has 2 aliphatic rings. The molecule has 2 atom stereocenters. The van der Waals surface area contributed by atoms with Gasteiger partial charge in [0.15, 0.2) is 6.23 Å². The number of amides is 1. The van der Waals surface area contributed by atoms with Crippen LogP contribution >= 0.6 is 0 Å². The third kappa shape index (κ3) is 1.43. The third-order valence-electron chi connectivity index (χ3n) is 3.37. The summed E-state index contributed by atoms with van der Waals surface area (Å²) in [6.45, 7) is 2.75. The predicted octanol–water partition coefficient (Wildman–Crippen LogP) is 1.88. The van der Waals surface area contributed by atoms with Gasteiger partial charge in [0, 0.05) is 12.1 Å². The van der Waals surface area contributed by atoms with E-state index in [-0.39, 0.29) is 18.2 Å². The second kappa shape index (κ2) is 3.59. The van der Waals surface area contributed by atoms with Crippen LogP contribution in [0.4, 0.5) is 0 Å². The van der Waals surface area contributed by atoms with Crippen molar-refractivity contribution < 1.29 is 9.53 Å². The molecule has 1 aromatic carbocycles. The summed E-state index contributed by atoms with van der Waals surface area (Å²) >= 11 is 0. The summed E-state index contributed by atoms with van der Waals surface area (Å²) in [7, 11) is 0. The van der Waals surface area contributed by atoms with Crippen molar-refractivity contribution in [1.29, 1.82) is 0 Å². The number of benzene rings is 1. The molecule has 0 N–H and O–H groups in total. The number of fused-ring (bicyclic) bond motifs is 3. The van der Waals surface area contributed by atoms with Gasteiger partial charge in [-0.15, -0.1) is 0 Å². The van der Waals surface area contributed by atoms with E-state index in [4.69, 9.17) is 4.74 Å². The van der Waals surface area contributed by atoms with E-state index in [1.807, 2.05) is 24.0 Å². The predicted molar refractivity (Wildman–Crippen MR) is 59.8 cm³/mol. The lowest BCUT2D eigenvalue weighted by atomic mass is 9.96. The zero-order valence-electron chi connectivity index (χ0n) is 9.35. The van der Waals surface area contributed by atoms with E-state index in [0.717, 1.165) is 18.5 Å². The van der Waals surface area contributed by atoms with Crippen LogP contribution in [0.2, 0.25) is 0 Å². The lowest BCUT2D eigenvalue weighted by Gasteiger charge is -2.42. The molecule has 0 aromatic heterocycles. The molecule has 0 radical (unpaired) electrons. The van der Waals surface area contributed by atoms with Crippen LogP contribution in [0.25, 0.3) is 0 Å². The maximum absolute atomic E-state index is 11.9. The molecule has 16 heavy (non-hydrogen) atoms. The molecule has 0 aliphatic carbocycles. The monoisotopic (exact) mass is 217 g/mol. The zero-order valence-corrected chi connectivity index (χ0v) is 9.35. The lowest BCUT2D eigenvalue weighted by molar-refractivity contribution is -0.175. The van der Waals surface area contributed by atoms with Crippen LogP contribution in [0.5, 0.6) is 0 Å². The van der Waals surface area contributed by atoms with E-state index < -0.39 is 0 Å². The van der Waals surface area contributed by atoms with Gasteiger partial charge in [-0.1, -0.05) is 24.3 Å². The molecule has 0 spiro atoms. The molecule has 1 aromatic rings. The smallest absolute Gasteiger partial charge is 0.227 e. The summed E-state index contributed by atoms with van der Waals surface area (Å²) in [5, 5.41) is 0. The minimum atomic E-state index is -0.152. The highest BCUT2D eigenvalue weighted by molar-refractivity contribution is 5.78. The summed E-state index contributed by atoms with van der Waals surface area (Å²) in [6.07, 6.45) is 1.33. The van der Waals surface area contributed by atoms with Gasteiger partial charge in [0.25, 0.3) is 0 Å². The average molecular weight is 217 g/mol. The Kier molecular flexibility index (Phi) is 2.21. The van der Waals surface area contributed by atoms with Crippen LogP contribution in [0, 0.1) is 0 Å². The Morgan fingerprint density at radius 3 is 3.06 bits per heavy atom. The minimum absolute atomic E-state index is 0.0277. The summed E-state index contributed by atoms with van der Waals surface area (Å²) < 4.78 is 5.89. The van der Waals surface area contributed by atoms with Gasteiger partial charge >= 0.3 is 0 Å². The van der Waals surface area contributed by atoms with Gasteiger partial charge in [0.05, 0.1) is 12.5 Å². The molecule has 3 nitrogen and oxygen atoms in total. The average Bonchev–Trinajstić information content (AvgIpc) is 2.28. The third-order valence-corrected chi connectivity index (χ3v) is 3.37. The van der Waals surface area contributed by atoms with E-state index in [1.54, 1.807) is 0 Å². The number of rotatable bonds is 0. The van der Waals surface area contributed by atoms with Crippen molar-refractivity contribution in [3.05, 3.63) is 35.4 Å². The molecule has 0 saturated carbocycles. The first-order chi connectivity index (χ1) is 7.75. The van der Waals surface area contributed by atoms with Crippen LogP contribution in [-0.2, 0) is 16.0 Å². The fraction of sp³-hybridized carbons (Fsp3) is 0.462. The van der Waals surface area contributed by atoms with E-state index in [1.165, 1.54) is 5.56 Å². The maximum Gasteiger partial charge on any atom is 0.227 e. The van der Waals surface area contributed by atoms with Gasteiger partial charge in [-0.25, -0.2) is 0 Å². The lowest BCUT2D eigenvalue weighted by Crippen LogP contribution is -2.47. The molecule has 2 heterocycles. The SMILES string of the molecule is C[C@@H]1CC(=O)N2CCc3ccccc3[C@@H]2O1. The van der Waals surface area contributed by atoms with Crippen molar-refractivity contribution in [1.82, 2.24) is 4.90 Å². The highest BCUT2D eigenvalue weighted by Crippen LogP contribution is 2.35.